The van der Waals surface area contributed by atoms with E-state index in [9.17, 15) is 26.3 Å². The molecule has 8 aromatic rings. The zero-order valence-electron chi connectivity index (χ0n) is 41.3. The first-order valence-electron chi connectivity index (χ1n) is 23.9. The van der Waals surface area contributed by atoms with Crippen molar-refractivity contribution in [1.82, 2.24) is 59.1 Å². The lowest BCUT2D eigenvalue weighted by atomic mass is 9.93. The van der Waals surface area contributed by atoms with E-state index in [0.717, 1.165) is 49.7 Å². The van der Waals surface area contributed by atoms with Crippen molar-refractivity contribution >= 4 is 23.3 Å². The lowest BCUT2D eigenvalue weighted by Gasteiger charge is -2.15. The summed E-state index contributed by atoms with van der Waals surface area (Å²) in [7, 11) is 2.96. The molecule has 0 saturated carbocycles. The lowest BCUT2D eigenvalue weighted by Crippen LogP contribution is -2.19. The maximum atomic E-state index is 15.1. The third kappa shape index (κ3) is 12.6. The molecular formula is C50H50F8N14O4. The molecule has 0 fully saturated rings. The summed E-state index contributed by atoms with van der Waals surface area (Å²) in [5.41, 5.74) is 2.82. The van der Waals surface area contributed by atoms with Crippen LogP contribution in [0.3, 0.4) is 0 Å². The van der Waals surface area contributed by atoms with Crippen molar-refractivity contribution in [2.45, 2.75) is 89.7 Å². The molecule has 0 unspecified atom stereocenters. The Morgan fingerprint density at radius 1 is 0.553 bits per heavy atom. The zero-order chi connectivity index (χ0) is 53.7. The fourth-order valence-corrected chi connectivity index (χ4v) is 8.82. The highest BCUT2D eigenvalue weighted by atomic mass is 19.4. The summed E-state index contributed by atoms with van der Waals surface area (Å²) in [5, 5.41) is 23.4. The third-order valence-corrected chi connectivity index (χ3v) is 12.4. The molecule has 2 N–H and O–H groups in total. The summed E-state index contributed by atoms with van der Waals surface area (Å²) < 4.78 is 132. The predicted molar refractivity (Wildman–Crippen MR) is 259 cm³/mol. The van der Waals surface area contributed by atoms with E-state index in [1.165, 1.54) is 84.8 Å². The predicted octanol–water partition coefficient (Wildman–Crippen LogP) is 10.6. The minimum atomic E-state index is -4.40. The van der Waals surface area contributed by atoms with E-state index in [1.54, 1.807) is 47.5 Å². The van der Waals surface area contributed by atoms with Gasteiger partial charge in [-0.25, -0.2) is 37.5 Å². The molecule has 2 aliphatic heterocycles. The molecule has 0 spiro atoms. The van der Waals surface area contributed by atoms with E-state index in [-0.39, 0.29) is 46.6 Å². The number of hydrogen-bond acceptors (Lipinski definition) is 14. The summed E-state index contributed by atoms with van der Waals surface area (Å²) >= 11 is 0. The van der Waals surface area contributed by atoms with Crippen LogP contribution in [0.1, 0.15) is 84.8 Å². The van der Waals surface area contributed by atoms with Crippen LogP contribution in [-0.4, -0.2) is 98.8 Å². The molecule has 0 radical (unpaired) electrons. The maximum Gasteiger partial charge on any atom is 0.422 e. The van der Waals surface area contributed by atoms with Crippen molar-refractivity contribution < 1.29 is 54.1 Å². The second kappa shape index (κ2) is 22.3. The Morgan fingerprint density at radius 2 is 0.947 bits per heavy atom. The van der Waals surface area contributed by atoms with Gasteiger partial charge in [-0.1, -0.05) is 37.1 Å². The Labute approximate surface area is 429 Å². The van der Waals surface area contributed by atoms with Gasteiger partial charge in [-0.05, 0) is 74.9 Å². The number of ether oxygens (including phenoxy) is 4. The molecule has 26 heteroatoms. The zero-order valence-corrected chi connectivity index (χ0v) is 41.3. The number of halogens is 8. The number of benzene rings is 4. The Bertz CT molecular complexity index is 3050. The molecule has 0 aliphatic carbocycles. The molecule has 6 heterocycles. The number of aryl methyl sites for hydroxylation is 4. The first kappa shape index (κ1) is 52.5. The number of nitrogens with zero attached hydrogens (tertiary/aromatic N) is 12. The molecule has 400 valence electrons. The normalized spacial score (nSPS) is 15.6. The molecule has 2 aliphatic rings. The van der Waals surface area contributed by atoms with Crippen molar-refractivity contribution in [3.05, 3.63) is 132 Å². The van der Waals surface area contributed by atoms with Crippen LogP contribution in [-0.2, 0) is 13.1 Å². The van der Waals surface area contributed by atoms with E-state index >= 15 is 8.78 Å². The first-order chi connectivity index (χ1) is 36.4. The van der Waals surface area contributed by atoms with Crippen LogP contribution in [0.2, 0.25) is 0 Å². The largest absolute Gasteiger partial charge is 0.494 e. The van der Waals surface area contributed by atoms with Crippen molar-refractivity contribution in [3.63, 3.8) is 0 Å². The van der Waals surface area contributed by atoms with Gasteiger partial charge in [0.25, 0.3) is 0 Å². The van der Waals surface area contributed by atoms with E-state index in [4.69, 9.17) is 18.9 Å². The number of methoxy groups -OCH3 is 2. The van der Waals surface area contributed by atoms with Crippen LogP contribution in [0.15, 0.2) is 85.5 Å². The van der Waals surface area contributed by atoms with Gasteiger partial charge in [0.05, 0.1) is 25.6 Å². The van der Waals surface area contributed by atoms with Crippen molar-refractivity contribution in [1.29, 1.82) is 0 Å². The minimum Gasteiger partial charge on any atom is -0.494 e. The van der Waals surface area contributed by atoms with Crippen LogP contribution in [0, 0.1) is 25.5 Å². The molecule has 76 heavy (non-hydrogen) atoms. The number of nitrogens with one attached hydrogen (secondary N) is 2. The van der Waals surface area contributed by atoms with Gasteiger partial charge < -0.3 is 29.6 Å². The maximum absolute atomic E-state index is 15.1. The Balaban J connectivity index is 0.000000186. The SMILES string of the molecule is COc1cc(Nc2nc3n(n2)CCCC[C@@H]3c2ccc(OCC(F)(F)F)cc2)c(F)cc1-n1cnc(C)n1.COc1cc(Nc2nc3n(n2)CCCC[C@H]3c2ccc(OCC(F)(F)F)cc2)c(F)cc1-n1cnc(C)n1. The van der Waals surface area contributed by atoms with Gasteiger partial charge in [0, 0.05) is 49.2 Å². The van der Waals surface area contributed by atoms with E-state index in [0.29, 0.717) is 59.3 Å². The summed E-state index contributed by atoms with van der Waals surface area (Å²) in [4.78, 5) is 17.5. The van der Waals surface area contributed by atoms with E-state index < -0.39 is 37.2 Å². The molecule has 4 aromatic carbocycles. The van der Waals surface area contributed by atoms with Crippen molar-refractivity contribution in [2.24, 2.45) is 0 Å². The second-order valence-corrected chi connectivity index (χ2v) is 17.8. The second-order valence-electron chi connectivity index (χ2n) is 17.8. The number of aromatic nitrogens is 12. The first-order valence-corrected chi connectivity index (χ1v) is 23.9. The van der Waals surface area contributed by atoms with Gasteiger partial charge in [-0.15, -0.1) is 10.2 Å². The van der Waals surface area contributed by atoms with E-state index in [2.05, 4.69) is 51.0 Å². The molecule has 2 atom stereocenters. The Morgan fingerprint density at radius 3 is 1.29 bits per heavy atom. The average molecular weight is 1060 g/mol. The van der Waals surface area contributed by atoms with Gasteiger partial charge >= 0.3 is 12.4 Å². The molecule has 0 amide bonds. The smallest absolute Gasteiger partial charge is 0.422 e. The monoisotopic (exact) mass is 1060 g/mol. The highest BCUT2D eigenvalue weighted by Gasteiger charge is 2.31. The van der Waals surface area contributed by atoms with Crippen LogP contribution in [0.25, 0.3) is 11.4 Å². The van der Waals surface area contributed by atoms with Gasteiger partial charge in [-0.3, -0.25) is 0 Å². The average Bonchev–Trinajstić information content (AvgIpc) is 4.17. The van der Waals surface area contributed by atoms with E-state index in [1.807, 2.05) is 0 Å². The van der Waals surface area contributed by atoms with Gasteiger partial charge in [0.2, 0.25) is 11.9 Å². The summed E-state index contributed by atoms with van der Waals surface area (Å²) in [6.07, 6.45) is -0.659. The molecule has 4 aromatic heterocycles. The molecule has 0 saturated heterocycles. The van der Waals surface area contributed by atoms with Gasteiger partial charge in [0.1, 0.15) is 82.0 Å². The Hall–Kier alpha value is -8.32. The number of anilines is 4. The summed E-state index contributed by atoms with van der Waals surface area (Å²) in [6, 6.07) is 18.6. The fourth-order valence-electron chi connectivity index (χ4n) is 8.82. The van der Waals surface area contributed by atoms with Crippen LogP contribution >= 0.6 is 0 Å². The van der Waals surface area contributed by atoms with Gasteiger partial charge in [-0.2, -0.15) is 46.5 Å². The van der Waals surface area contributed by atoms with Gasteiger partial charge in [0.15, 0.2) is 13.2 Å². The molecule has 10 rings (SSSR count). The van der Waals surface area contributed by atoms with Crippen LogP contribution in [0.4, 0.5) is 58.4 Å². The number of fused-ring (bicyclic) bond motifs is 2. The van der Waals surface area contributed by atoms with Crippen LogP contribution in [0.5, 0.6) is 23.0 Å². The number of rotatable bonds is 14. The summed E-state index contributed by atoms with van der Waals surface area (Å²) in [6.45, 7) is 2.05. The number of hydrogen-bond donors (Lipinski definition) is 2. The quantitative estimate of drug-likeness (QED) is 0.0981. The van der Waals surface area contributed by atoms with Crippen molar-refractivity contribution in [3.8, 4) is 34.4 Å². The fraction of sp³-hybridized carbons (Fsp3) is 0.360. The molecular weight excluding hydrogens is 1010 g/mol. The third-order valence-electron chi connectivity index (χ3n) is 12.4. The molecule has 18 nitrogen and oxygen atoms in total. The highest BCUT2D eigenvalue weighted by molar-refractivity contribution is 5.64. The number of alkyl halides is 6. The Kier molecular flexibility index (Phi) is 15.4. The van der Waals surface area contributed by atoms with Crippen molar-refractivity contribution in [2.75, 3.05) is 38.1 Å². The molecule has 0 bridgehead atoms. The standard InChI is InChI=1S/2C25H25F4N7O2/c2*1-15-30-14-36(33-15)21-11-19(26)20(12-22(21)37-2)31-24-32-23-18(5-3-4-10-35(23)34-24)16-6-8-17(9-7-16)38-13-25(27,28)29/h2*6-9,11-12,14,18H,3-5,10,13H2,1-2H3,(H,31,34)/t2*18-/m10/s1. The lowest BCUT2D eigenvalue weighted by molar-refractivity contribution is -0.154. The topological polar surface area (TPSA) is 184 Å². The van der Waals surface area contributed by atoms with Crippen LogP contribution < -0.4 is 29.6 Å². The summed E-state index contributed by atoms with van der Waals surface area (Å²) in [5.74, 6) is 2.58. The highest BCUT2D eigenvalue weighted by Crippen LogP contribution is 2.38. The minimum absolute atomic E-state index is 0.130.